The molecule has 1 aromatic carbocycles. The third-order valence-corrected chi connectivity index (χ3v) is 4.45. The highest BCUT2D eigenvalue weighted by atomic mass is 19.1. The first-order valence-electron chi connectivity index (χ1n) is 8.38. The van der Waals surface area contributed by atoms with E-state index in [4.69, 9.17) is 5.11 Å². The number of carbonyl (C=O) groups excluding carboxylic acids is 2. The fourth-order valence-corrected chi connectivity index (χ4v) is 3.22. The van der Waals surface area contributed by atoms with Crippen molar-refractivity contribution in [3.05, 3.63) is 35.6 Å². The fraction of sp³-hybridized carbons (Fsp3) is 0.500. The monoisotopic (exact) mass is 350 g/mol. The van der Waals surface area contributed by atoms with Crippen LogP contribution in [0.2, 0.25) is 0 Å². The van der Waals surface area contributed by atoms with Crippen molar-refractivity contribution in [3.63, 3.8) is 0 Å². The maximum atomic E-state index is 13.2. The molecule has 25 heavy (non-hydrogen) atoms. The summed E-state index contributed by atoms with van der Waals surface area (Å²) in [5.74, 6) is -1.77. The zero-order valence-electron chi connectivity index (χ0n) is 14.3. The van der Waals surface area contributed by atoms with Crippen molar-refractivity contribution in [1.29, 1.82) is 0 Å². The van der Waals surface area contributed by atoms with Gasteiger partial charge in [0.05, 0.1) is 6.42 Å². The second kappa shape index (κ2) is 8.60. The van der Waals surface area contributed by atoms with Gasteiger partial charge in [-0.2, -0.15) is 0 Å². The number of carboxylic acid groups (broad SMARTS) is 1. The van der Waals surface area contributed by atoms with Crippen LogP contribution in [0.25, 0.3) is 0 Å². The Kier molecular flexibility index (Phi) is 6.50. The number of benzene rings is 1. The zero-order chi connectivity index (χ0) is 18.4. The fourth-order valence-electron chi connectivity index (χ4n) is 3.22. The molecule has 1 N–H and O–H groups in total. The van der Waals surface area contributed by atoms with Gasteiger partial charge in [-0.1, -0.05) is 12.1 Å². The summed E-state index contributed by atoms with van der Waals surface area (Å²) >= 11 is 0. The Balaban J connectivity index is 1.96. The second-order valence-corrected chi connectivity index (χ2v) is 6.31. The minimum atomic E-state index is -1.04. The second-order valence-electron chi connectivity index (χ2n) is 6.31. The Morgan fingerprint density at radius 2 is 2.04 bits per heavy atom. The maximum Gasteiger partial charge on any atom is 0.323 e. The van der Waals surface area contributed by atoms with E-state index in [9.17, 15) is 18.8 Å². The van der Waals surface area contributed by atoms with E-state index in [0.29, 0.717) is 37.9 Å². The van der Waals surface area contributed by atoms with Gasteiger partial charge in [0, 0.05) is 26.1 Å². The molecule has 0 saturated carbocycles. The lowest BCUT2D eigenvalue weighted by Crippen LogP contribution is -2.43. The molecule has 136 valence electrons. The quantitative estimate of drug-likeness (QED) is 0.876. The first-order chi connectivity index (χ1) is 11.9. The first kappa shape index (κ1) is 18.9. The van der Waals surface area contributed by atoms with Crippen molar-refractivity contribution in [1.82, 2.24) is 9.80 Å². The molecule has 0 spiro atoms. The van der Waals surface area contributed by atoms with Crippen LogP contribution in [0.15, 0.2) is 24.3 Å². The van der Waals surface area contributed by atoms with Crippen LogP contribution in [0.5, 0.6) is 0 Å². The van der Waals surface area contributed by atoms with Gasteiger partial charge in [0.15, 0.2) is 0 Å². The van der Waals surface area contributed by atoms with Gasteiger partial charge in [-0.05, 0) is 37.0 Å². The highest BCUT2D eigenvalue weighted by molar-refractivity contribution is 5.80. The molecule has 1 aliphatic heterocycles. The molecule has 1 fully saturated rings. The van der Waals surface area contributed by atoms with Crippen LogP contribution in [-0.4, -0.2) is 58.4 Å². The van der Waals surface area contributed by atoms with Crippen LogP contribution in [0.1, 0.15) is 31.7 Å². The van der Waals surface area contributed by atoms with Crippen molar-refractivity contribution >= 4 is 17.8 Å². The van der Waals surface area contributed by atoms with E-state index < -0.39 is 5.97 Å². The lowest BCUT2D eigenvalue weighted by molar-refractivity contribution is -0.145. The van der Waals surface area contributed by atoms with Gasteiger partial charge in [-0.25, -0.2) is 4.39 Å². The van der Waals surface area contributed by atoms with Gasteiger partial charge in [0.25, 0.3) is 0 Å². The molecule has 7 heteroatoms. The number of nitrogens with zero attached hydrogens (tertiary/aromatic N) is 2. The largest absolute Gasteiger partial charge is 0.480 e. The molecule has 0 aliphatic carbocycles. The Morgan fingerprint density at radius 1 is 1.28 bits per heavy atom. The molecule has 0 bridgehead atoms. The molecule has 1 saturated heterocycles. The van der Waals surface area contributed by atoms with Crippen LogP contribution >= 0.6 is 0 Å². The molecular formula is C18H23FN2O4. The summed E-state index contributed by atoms with van der Waals surface area (Å²) in [6.07, 6.45) is 2.04. The van der Waals surface area contributed by atoms with E-state index in [1.165, 1.54) is 24.0 Å². The summed E-state index contributed by atoms with van der Waals surface area (Å²) in [5.41, 5.74) is 0.627. The summed E-state index contributed by atoms with van der Waals surface area (Å²) in [4.78, 5) is 38.2. The van der Waals surface area contributed by atoms with Gasteiger partial charge < -0.3 is 14.9 Å². The Labute approximate surface area is 146 Å². The summed E-state index contributed by atoms with van der Waals surface area (Å²) < 4.78 is 13.2. The van der Waals surface area contributed by atoms with Crippen molar-refractivity contribution < 1.29 is 23.9 Å². The third kappa shape index (κ3) is 5.55. The lowest BCUT2D eigenvalue weighted by Gasteiger charge is -2.28. The topological polar surface area (TPSA) is 77.9 Å². The molecule has 1 heterocycles. The van der Waals surface area contributed by atoms with Gasteiger partial charge in [0.1, 0.15) is 12.4 Å². The Bertz CT molecular complexity index is 650. The predicted molar refractivity (Wildman–Crippen MR) is 89.3 cm³/mol. The SMILES string of the molecule is CC(=O)N(CC(=O)O)C1CCCN(C(=O)Cc2cccc(F)c2)CC1. The zero-order valence-corrected chi connectivity index (χ0v) is 14.3. The molecule has 0 aromatic heterocycles. The molecule has 6 nitrogen and oxygen atoms in total. The maximum absolute atomic E-state index is 13.2. The molecule has 1 unspecified atom stereocenters. The molecule has 1 aliphatic rings. The minimum Gasteiger partial charge on any atom is -0.480 e. The van der Waals surface area contributed by atoms with E-state index in [1.54, 1.807) is 17.0 Å². The van der Waals surface area contributed by atoms with Gasteiger partial charge in [0.2, 0.25) is 11.8 Å². The van der Waals surface area contributed by atoms with Crippen LogP contribution in [-0.2, 0) is 20.8 Å². The molecule has 0 radical (unpaired) electrons. The number of carboxylic acids is 1. The van der Waals surface area contributed by atoms with Crippen LogP contribution < -0.4 is 0 Å². The molecule has 2 amide bonds. The van der Waals surface area contributed by atoms with E-state index in [0.717, 1.165) is 0 Å². The molecule has 1 aromatic rings. The van der Waals surface area contributed by atoms with E-state index >= 15 is 0 Å². The van der Waals surface area contributed by atoms with Crippen molar-refractivity contribution in [2.75, 3.05) is 19.6 Å². The number of aliphatic carboxylic acids is 1. The lowest BCUT2D eigenvalue weighted by atomic mass is 10.1. The summed E-state index contributed by atoms with van der Waals surface area (Å²) in [6.45, 7) is 2.06. The third-order valence-electron chi connectivity index (χ3n) is 4.45. The number of hydrogen-bond donors (Lipinski definition) is 1. The number of likely N-dealkylation sites (tertiary alicyclic amines) is 1. The van der Waals surface area contributed by atoms with Crippen molar-refractivity contribution in [2.24, 2.45) is 0 Å². The normalized spacial score (nSPS) is 17.7. The van der Waals surface area contributed by atoms with Crippen molar-refractivity contribution in [3.8, 4) is 0 Å². The van der Waals surface area contributed by atoms with Gasteiger partial charge in [-0.15, -0.1) is 0 Å². The minimum absolute atomic E-state index is 0.0844. The summed E-state index contributed by atoms with van der Waals surface area (Å²) in [6, 6.07) is 5.80. The average Bonchev–Trinajstić information content (AvgIpc) is 2.78. The number of hydrogen-bond acceptors (Lipinski definition) is 3. The number of amides is 2. The predicted octanol–water partition coefficient (Wildman–Crippen LogP) is 1.68. The highest BCUT2D eigenvalue weighted by Crippen LogP contribution is 2.18. The number of rotatable bonds is 5. The van der Waals surface area contributed by atoms with Crippen molar-refractivity contribution in [2.45, 2.75) is 38.6 Å². The van der Waals surface area contributed by atoms with E-state index in [1.807, 2.05) is 0 Å². The van der Waals surface area contributed by atoms with E-state index in [-0.39, 0.29) is 36.6 Å². The van der Waals surface area contributed by atoms with Crippen LogP contribution in [0, 0.1) is 5.82 Å². The Hall–Kier alpha value is -2.44. The number of halogens is 1. The van der Waals surface area contributed by atoms with E-state index in [2.05, 4.69) is 0 Å². The number of carbonyl (C=O) groups is 3. The molecular weight excluding hydrogens is 327 g/mol. The standard InChI is InChI=1S/C18H23FN2O4/c1-13(22)21(12-18(24)25)16-6-3-8-20(9-7-16)17(23)11-14-4-2-5-15(19)10-14/h2,4-5,10,16H,3,6-9,11-12H2,1H3,(H,24,25). The van der Waals surface area contributed by atoms with Gasteiger partial charge in [-0.3, -0.25) is 14.4 Å². The van der Waals surface area contributed by atoms with Gasteiger partial charge >= 0.3 is 5.97 Å². The molecule has 1 atom stereocenters. The highest BCUT2D eigenvalue weighted by Gasteiger charge is 2.27. The average molecular weight is 350 g/mol. The summed E-state index contributed by atoms with van der Waals surface area (Å²) in [7, 11) is 0. The first-order valence-corrected chi connectivity index (χ1v) is 8.38. The smallest absolute Gasteiger partial charge is 0.323 e. The molecule has 2 rings (SSSR count). The van der Waals surface area contributed by atoms with Crippen LogP contribution in [0.3, 0.4) is 0 Å². The summed E-state index contributed by atoms with van der Waals surface area (Å²) in [5, 5.41) is 8.97. The van der Waals surface area contributed by atoms with Crippen LogP contribution in [0.4, 0.5) is 4.39 Å². The Morgan fingerprint density at radius 3 is 2.68 bits per heavy atom.